The Balaban J connectivity index is 1.68. The summed E-state index contributed by atoms with van der Waals surface area (Å²) in [5.74, 6) is 0.898. The summed E-state index contributed by atoms with van der Waals surface area (Å²) in [4.78, 5) is 19.3. The van der Waals surface area contributed by atoms with Crippen LogP contribution in [0, 0.1) is 6.92 Å². The molecule has 7 heteroatoms. The molecule has 2 N–H and O–H groups in total. The van der Waals surface area contributed by atoms with E-state index in [9.17, 15) is 4.79 Å². The van der Waals surface area contributed by atoms with Gasteiger partial charge in [-0.3, -0.25) is 4.79 Å². The maximum Gasteiger partial charge on any atom is 0.297 e. The van der Waals surface area contributed by atoms with Crippen LogP contribution < -0.4 is 10.6 Å². The molecule has 2 heterocycles. The van der Waals surface area contributed by atoms with Crippen LogP contribution in [0.3, 0.4) is 0 Å². The van der Waals surface area contributed by atoms with Crippen LogP contribution in [0.15, 0.2) is 48.5 Å². The number of nitrogens with two attached hydrogens (primary N) is 1. The Morgan fingerprint density at radius 3 is 2.70 bits per heavy atom. The summed E-state index contributed by atoms with van der Waals surface area (Å²) >= 11 is 5.95. The van der Waals surface area contributed by atoms with Crippen LogP contribution in [0.5, 0.6) is 0 Å². The Labute approximate surface area is 162 Å². The molecule has 0 radical (unpaired) electrons. The highest BCUT2D eigenvalue weighted by atomic mass is 35.5. The van der Waals surface area contributed by atoms with Gasteiger partial charge < -0.3 is 10.6 Å². The van der Waals surface area contributed by atoms with Gasteiger partial charge in [-0.2, -0.15) is 0 Å². The van der Waals surface area contributed by atoms with Gasteiger partial charge in [-0.25, -0.2) is 9.67 Å². The number of halogens is 1. The number of amides is 1. The molecule has 138 valence electrons. The number of anilines is 1. The van der Waals surface area contributed by atoms with Gasteiger partial charge >= 0.3 is 0 Å². The number of benzene rings is 2. The molecule has 1 atom stereocenters. The van der Waals surface area contributed by atoms with E-state index < -0.39 is 0 Å². The van der Waals surface area contributed by atoms with Crippen molar-refractivity contribution in [2.75, 3.05) is 18.0 Å². The number of rotatable bonds is 3. The Morgan fingerprint density at radius 1 is 1.22 bits per heavy atom. The van der Waals surface area contributed by atoms with Gasteiger partial charge in [0.15, 0.2) is 0 Å². The minimum absolute atomic E-state index is 0.184. The van der Waals surface area contributed by atoms with Crippen molar-refractivity contribution in [1.82, 2.24) is 14.8 Å². The van der Waals surface area contributed by atoms with E-state index in [2.05, 4.69) is 10.1 Å². The second kappa shape index (κ2) is 7.13. The zero-order valence-electron chi connectivity index (χ0n) is 15.0. The number of fused-ring (bicyclic) bond motifs is 1. The van der Waals surface area contributed by atoms with E-state index in [0.717, 1.165) is 23.4 Å². The fraction of sp³-hybridized carbons (Fsp3) is 0.250. The lowest BCUT2D eigenvalue weighted by Crippen LogP contribution is -2.38. The predicted molar refractivity (Wildman–Crippen MR) is 106 cm³/mol. The molecule has 0 saturated heterocycles. The quantitative estimate of drug-likeness (QED) is 0.755. The number of aromatic nitrogens is 3. The number of hydrogen-bond donors (Lipinski definition) is 1. The minimum atomic E-state index is -0.200. The van der Waals surface area contributed by atoms with E-state index in [4.69, 9.17) is 17.3 Å². The van der Waals surface area contributed by atoms with Crippen LogP contribution in [0.2, 0.25) is 5.02 Å². The molecule has 1 aliphatic heterocycles. The van der Waals surface area contributed by atoms with Crippen LogP contribution in [-0.4, -0.2) is 33.8 Å². The van der Waals surface area contributed by atoms with E-state index in [1.165, 1.54) is 0 Å². The van der Waals surface area contributed by atoms with Crippen LogP contribution >= 0.6 is 11.6 Å². The average molecular weight is 382 g/mol. The van der Waals surface area contributed by atoms with Crippen molar-refractivity contribution in [3.05, 3.63) is 70.8 Å². The Kier molecular flexibility index (Phi) is 4.68. The fourth-order valence-electron chi connectivity index (χ4n) is 3.52. The summed E-state index contributed by atoms with van der Waals surface area (Å²) in [6.07, 6.45) is 0.829. The number of carbonyl (C=O) groups excluding carboxylic acids is 1. The molecule has 6 nitrogen and oxygen atoms in total. The van der Waals surface area contributed by atoms with Crippen molar-refractivity contribution in [3.8, 4) is 5.69 Å². The van der Waals surface area contributed by atoms with E-state index in [1.807, 2.05) is 43.3 Å². The highest BCUT2D eigenvalue weighted by molar-refractivity contribution is 6.30. The minimum Gasteiger partial charge on any atom is -0.330 e. The van der Waals surface area contributed by atoms with Crippen molar-refractivity contribution in [2.45, 2.75) is 19.3 Å². The van der Waals surface area contributed by atoms with E-state index in [0.29, 0.717) is 23.9 Å². The first-order chi connectivity index (χ1) is 13.1. The summed E-state index contributed by atoms with van der Waals surface area (Å²) in [5, 5.41) is 5.09. The summed E-state index contributed by atoms with van der Waals surface area (Å²) in [6, 6.07) is 15.2. The molecule has 0 spiro atoms. The second-order valence-electron chi connectivity index (χ2n) is 6.61. The number of hydrogen-bond acceptors (Lipinski definition) is 4. The van der Waals surface area contributed by atoms with Crippen LogP contribution in [0.25, 0.3) is 5.69 Å². The van der Waals surface area contributed by atoms with E-state index in [1.54, 1.807) is 21.7 Å². The summed E-state index contributed by atoms with van der Waals surface area (Å²) in [7, 11) is 0. The normalized spacial score (nSPS) is 16.3. The number of carbonyl (C=O) groups is 1. The lowest BCUT2D eigenvalue weighted by atomic mass is 9.90. The highest BCUT2D eigenvalue weighted by Gasteiger charge is 2.30. The van der Waals surface area contributed by atoms with Crippen LogP contribution in [-0.2, 0) is 0 Å². The molecule has 0 fully saturated rings. The van der Waals surface area contributed by atoms with Gasteiger partial charge in [-0.05, 0) is 61.7 Å². The molecule has 1 aliphatic rings. The topological polar surface area (TPSA) is 77.0 Å². The SMILES string of the molecule is Cc1nc(C(=O)N2CCC(CN)c3ccccc32)nn1-c1ccc(Cl)cc1. The lowest BCUT2D eigenvalue weighted by molar-refractivity contribution is 0.0974. The van der Waals surface area contributed by atoms with Crippen molar-refractivity contribution >= 4 is 23.2 Å². The largest absolute Gasteiger partial charge is 0.330 e. The first-order valence-corrected chi connectivity index (χ1v) is 9.26. The molecule has 1 aromatic heterocycles. The van der Waals surface area contributed by atoms with Crippen molar-refractivity contribution in [1.29, 1.82) is 0 Å². The molecule has 4 rings (SSSR count). The van der Waals surface area contributed by atoms with Crippen molar-refractivity contribution in [3.63, 3.8) is 0 Å². The molecule has 1 amide bonds. The van der Waals surface area contributed by atoms with Gasteiger partial charge in [0.25, 0.3) is 5.91 Å². The van der Waals surface area contributed by atoms with Gasteiger partial charge in [-0.1, -0.05) is 29.8 Å². The van der Waals surface area contributed by atoms with Gasteiger partial charge in [0.1, 0.15) is 5.82 Å². The van der Waals surface area contributed by atoms with Crippen molar-refractivity contribution in [2.24, 2.45) is 5.73 Å². The van der Waals surface area contributed by atoms with Crippen molar-refractivity contribution < 1.29 is 4.79 Å². The first kappa shape index (κ1) is 17.7. The Morgan fingerprint density at radius 2 is 1.96 bits per heavy atom. The summed E-state index contributed by atoms with van der Waals surface area (Å²) in [6.45, 7) is 3.00. The van der Waals surface area contributed by atoms with Gasteiger partial charge in [-0.15, -0.1) is 5.10 Å². The molecule has 0 aliphatic carbocycles. The Hall–Kier alpha value is -2.70. The van der Waals surface area contributed by atoms with E-state index in [-0.39, 0.29) is 17.6 Å². The smallest absolute Gasteiger partial charge is 0.297 e. The van der Waals surface area contributed by atoms with Gasteiger partial charge in [0.05, 0.1) is 5.69 Å². The zero-order chi connectivity index (χ0) is 19.0. The third kappa shape index (κ3) is 3.22. The first-order valence-electron chi connectivity index (χ1n) is 8.89. The average Bonchev–Trinajstić information content (AvgIpc) is 3.09. The number of para-hydroxylation sites is 1. The number of nitrogens with zero attached hydrogens (tertiary/aromatic N) is 4. The maximum atomic E-state index is 13.1. The maximum absolute atomic E-state index is 13.1. The molecule has 2 aromatic carbocycles. The number of aryl methyl sites for hydroxylation is 1. The third-order valence-corrected chi connectivity index (χ3v) is 5.18. The van der Waals surface area contributed by atoms with Crippen LogP contribution in [0.4, 0.5) is 5.69 Å². The fourth-order valence-corrected chi connectivity index (χ4v) is 3.65. The summed E-state index contributed by atoms with van der Waals surface area (Å²) < 4.78 is 1.65. The molecular weight excluding hydrogens is 362 g/mol. The molecule has 0 saturated carbocycles. The monoisotopic (exact) mass is 381 g/mol. The second-order valence-corrected chi connectivity index (χ2v) is 7.04. The summed E-state index contributed by atoms with van der Waals surface area (Å²) in [5.41, 5.74) is 8.72. The lowest BCUT2D eigenvalue weighted by Gasteiger charge is -2.33. The molecule has 0 bridgehead atoms. The third-order valence-electron chi connectivity index (χ3n) is 4.93. The zero-order valence-corrected chi connectivity index (χ0v) is 15.7. The predicted octanol–water partition coefficient (Wildman–Crippen LogP) is 3.32. The molecular formula is C20H20ClN5O. The standard InChI is InChI=1S/C20H20ClN5O/c1-13-23-19(24-26(13)16-8-6-15(21)7-9-16)20(27)25-11-10-14(12-22)17-4-2-3-5-18(17)25/h2-9,14H,10-12,22H2,1H3. The molecule has 1 unspecified atom stereocenters. The van der Waals surface area contributed by atoms with Gasteiger partial charge in [0, 0.05) is 17.3 Å². The van der Waals surface area contributed by atoms with E-state index >= 15 is 0 Å². The van der Waals surface area contributed by atoms with Gasteiger partial charge in [0.2, 0.25) is 5.82 Å². The molecule has 27 heavy (non-hydrogen) atoms. The highest BCUT2D eigenvalue weighted by Crippen LogP contribution is 2.35. The van der Waals surface area contributed by atoms with Crippen LogP contribution in [0.1, 0.15) is 34.3 Å². The Bertz CT molecular complexity index is 982. The molecule has 3 aromatic rings.